The first-order valence-corrected chi connectivity index (χ1v) is 6.85. The monoisotopic (exact) mass is 316 g/mol. The number of benzene rings is 1. The zero-order valence-electron chi connectivity index (χ0n) is 9.04. The van der Waals surface area contributed by atoms with E-state index in [1.54, 1.807) is 12.1 Å². The van der Waals surface area contributed by atoms with Gasteiger partial charge in [0.2, 0.25) is 5.91 Å². The number of fused-ring (bicyclic) bond motifs is 1. The van der Waals surface area contributed by atoms with E-state index in [-0.39, 0.29) is 16.6 Å². The number of nitrogens with one attached hydrogen (secondary N) is 1. The van der Waals surface area contributed by atoms with Crippen LogP contribution in [-0.2, 0) is 4.79 Å². The number of anilines is 1. The summed E-state index contributed by atoms with van der Waals surface area (Å²) >= 11 is 4.51. The molecule has 1 aromatic carbocycles. The van der Waals surface area contributed by atoms with Crippen LogP contribution in [0.4, 0.5) is 9.52 Å². The third-order valence-electron chi connectivity index (χ3n) is 2.24. The number of nitrogens with zero attached hydrogens (tertiary/aromatic N) is 1. The highest BCUT2D eigenvalue weighted by atomic mass is 79.9. The van der Waals surface area contributed by atoms with Gasteiger partial charge in [-0.2, -0.15) is 0 Å². The van der Waals surface area contributed by atoms with Crippen LogP contribution in [0.1, 0.15) is 13.3 Å². The molecule has 0 fully saturated rings. The fourth-order valence-electron chi connectivity index (χ4n) is 1.34. The van der Waals surface area contributed by atoms with Crippen molar-refractivity contribution in [2.24, 2.45) is 0 Å². The van der Waals surface area contributed by atoms with Crippen LogP contribution in [0, 0.1) is 5.82 Å². The van der Waals surface area contributed by atoms with Crippen molar-refractivity contribution in [2.45, 2.75) is 18.2 Å². The minimum Gasteiger partial charge on any atom is -0.301 e. The van der Waals surface area contributed by atoms with Crippen LogP contribution in [0.25, 0.3) is 10.2 Å². The molecule has 1 atom stereocenters. The molecule has 1 unspecified atom stereocenters. The molecular formula is C11H10BrFN2OS. The van der Waals surface area contributed by atoms with Crippen molar-refractivity contribution in [1.29, 1.82) is 0 Å². The number of halogens is 2. The first kappa shape index (κ1) is 12.4. The highest BCUT2D eigenvalue weighted by molar-refractivity contribution is 9.10. The van der Waals surface area contributed by atoms with Crippen LogP contribution < -0.4 is 5.32 Å². The average molecular weight is 317 g/mol. The van der Waals surface area contributed by atoms with Gasteiger partial charge in [-0.05, 0) is 18.6 Å². The Balaban J connectivity index is 2.26. The van der Waals surface area contributed by atoms with Gasteiger partial charge in [0.05, 0.1) is 9.53 Å². The lowest BCUT2D eigenvalue weighted by Crippen LogP contribution is -2.21. The molecule has 0 aliphatic carbocycles. The van der Waals surface area contributed by atoms with E-state index in [2.05, 4.69) is 26.2 Å². The maximum absolute atomic E-state index is 13.4. The summed E-state index contributed by atoms with van der Waals surface area (Å²) in [6.45, 7) is 1.90. The predicted molar refractivity (Wildman–Crippen MR) is 71.2 cm³/mol. The maximum atomic E-state index is 13.4. The molecule has 0 spiro atoms. The Morgan fingerprint density at radius 3 is 3.06 bits per heavy atom. The SMILES string of the molecule is CCC(Br)C(=O)Nc1nc2c(F)cccc2s1. The third-order valence-corrected chi connectivity index (χ3v) is 4.24. The summed E-state index contributed by atoms with van der Waals surface area (Å²) < 4.78 is 14.1. The molecule has 0 saturated heterocycles. The van der Waals surface area contributed by atoms with E-state index >= 15 is 0 Å². The van der Waals surface area contributed by atoms with E-state index in [0.29, 0.717) is 17.1 Å². The number of hydrogen-bond acceptors (Lipinski definition) is 3. The van der Waals surface area contributed by atoms with E-state index in [1.165, 1.54) is 17.4 Å². The zero-order chi connectivity index (χ0) is 12.4. The van der Waals surface area contributed by atoms with Crippen molar-refractivity contribution in [3.8, 4) is 0 Å². The number of thiazole rings is 1. The molecule has 0 bridgehead atoms. The molecule has 3 nitrogen and oxygen atoms in total. The second-order valence-electron chi connectivity index (χ2n) is 3.47. The molecule has 0 aliphatic rings. The molecular weight excluding hydrogens is 307 g/mol. The van der Waals surface area contributed by atoms with Crippen molar-refractivity contribution in [1.82, 2.24) is 4.98 Å². The van der Waals surface area contributed by atoms with E-state index in [0.717, 1.165) is 4.70 Å². The van der Waals surface area contributed by atoms with Crippen LogP contribution in [-0.4, -0.2) is 15.7 Å². The van der Waals surface area contributed by atoms with Gasteiger partial charge in [-0.3, -0.25) is 4.79 Å². The van der Waals surface area contributed by atoms with E-state index in [4.69, 9.17) is 0 Å². The van der Waals surface area contributed by atoms with Gasteiger partial charge >= 0.3 is 0 Å². The third kappa shape index (κ3) is 2.63. The van der Waals surface area contributed by atoms with Crippen LogP contribution >= 0.6 is 27.3 Å². The Labute approximate surface area is 110 Å². The molecule has 1 amide bonds. The molecule has 17 heavy (non-hydrogen) atoms. The molecule has 0 aliphatic heterocycles. The normalized spacial score (nSPS) is 12.6. The maximum Gasteiger partial charge on any atom is 0.239 e. The number of para-hydroxylation sites is 1. The minimum atomic E-state index is -0.370. The van der Waals surface area contributed by atoms with E-state index < -0.39 is 0 Å². The molecule has 1 N–H and O–H groups in total. The minimum absolute atomic E-state index is 0.160. The molecule has 2 rings (SSSR count). The van der Waals surface area contributed by atoms with Gasteiger partial charge in [-0.1, -0.05) is 40.3 Å². The lowest BCUT2D eigenvalue weighted by Gasteiger charge is -2.04. The number of hydrogen-bond donors (Lipinski definition) is 1. The Kier molecular flexibility index (Phi) is 3.73. The van der Waals surface area contributed by atoms with E-state index in [9.17, 15) is 9.18 Å². The largest absolute Gasteiger partial charge is 0.301 e. The first-order valence-electron chi connectivity index (χ1n) is 5.11. The van der Waals surface area contributed by atoms with Crippen molar-refractivity contribution >= 4 is 48.5 Å². The molecule has 0 radical (unpaired) electrons. The first-order chi connectivity index (χ1) is 8.11. The number of rotatable bonds is 3. The summed E-state index contributed by atoms with van der Waals surface area (Å²) in [6, 6.07) is 4.75. The summed E-state index contributed by atoms with van der Waals surface area (Å²) in [4.78, 5) is 15.4. The van der Waals surface area contributed by atoms with Crippen LogP contribution in [0.15, 0.2) is 18.2 Å². The van der Waals surface area contributed by atoms with Gasteiger partial charge in [0.1, 0.15) is 11.3 Å². The van der Waals surface area contributed by atoms with Crippen molar-refractivity contribution in [3.63, 3.8) is 0 Å². The number of aromatic nitrogens is 1. The van der Waals surface area contributed by atoms with E-state index in [1.807, 2.05) is 6.92 Å². The predicted octanol–water partition coefficient (Wildman–Crippen LogP) is 3.55. The fourth-order valence-corrected chi connectivity index (χ4v) is 2.34. The van der Waals surface area contributed by atoms with Crippen molar-refractivity contribution in [2.75, 3.05) is 5.32 Å². The molecule has 2 aromatic rings. The molecule has 6 heteroatoms. The molecule has 0 saturated carbocycles. The second kappa shape index (κ2) is 5.10. The van der Waals surface area contributed by atoms with Crippen LogP contribution in [0.5, 0.6) is 0 Å². The van der Waals surface area contributed by atoms with Crippen LogP contribution in [0.3, 0.4) is 0 Å². The van der Waals surface area contributed by atoms with Gasteiger partial charge in [0.15, 0.2) is 5.13 Å². The molecule has 1 aromatic heterocycles. The zero-order valence-corrected chi connectivity index (χ0v) is 11.4. The fraction of sp³-hybridized carbons (Fsp3) is 0.273. The summed E-state index contributed by atoms with van der Waals surface area (Å²) in [7, 11) is 0. The van der Waals surface area contributed by atoms with Gasteiger partial charge in [-0.25, -0.2) is 9.37 Å². The Morgan fingerprint density at radius 1 is 1.65 bits per heavy atom. The quantitative estimate of drug-likeness (QED) is 0.880. The topological polar surface area (TPSA) is 42.0 Å². The summed E-state index contributed by atoms with van der Waals surface area (Å²) in [5.74, 6) is -0.530. The van der Waals surface area contributed by atoms with Crippen molar-refractivity contribution in [3.05, 3.63) is 24.0 Å². The lowest BCUT2D eigenvalue weighted by atomic mass is 10.3. The second-order valence-corrected chi connectivity index (χ2v) is 5.61. The molecule has 1 heterocycles. The van der Waals surface area contributed by atoms with Crippen LogP contribution in [0.2, 0.25) is 0 Å². The number of alkyl halides is 1. The number of carbonyl (C=O) groups excluding carboxylic acids is 1. The Bertz CT molecular complexity index is 557. The standard InChI is InChI=1S/C11H10BrFN2OS/c1-2-6(12)10(16)15-11-14-9-7(13)4-3-5-8(9)17-11/h3-6H,2H2,1H3,(H,14,15,16). The number of amides is 1. The highest BCUT2D eigenvalue weighted by Gasteiger charge is 2.15. The van der Waals surface area contributed by atoms with Gasteiger partial charge in [0, 0.05) is 0 Å². The smallest absolute Gasteiger partial charge is 0.239 e. The summed E-state index contributed by atoms with van der Waals surface area (Å²) in [5.41, 5.74) is 0.301. The summed E-state index contributed by atoms with van der Waals surface area (Å²) in [5, 5.41) is 3.09. The van der Waals surface area contributed by atoms with Crippen molar-refractivity contribution < 1.29 is 9.18 Å². The Morgan fingerprint density at radius 2 is 2.41 bits per heavy atom. The number of carbonyl (C=O) groups is 1. The molecule has 90 valence electrons. The Hall–Kier alpha value is -1.01. The van der Waals surface area contributed by atoms with Gasteiger partial charge in [-0.15, -0.1) is 0 Å². The lowest BCUT2D eigenvalue weighted by molar-refractivity contribution is -0.115. The highest BCUT2D eigenvalue weighted by Crippen LogP contribution is 2.27. The van der Waals surface area contributed by atoms with Gasteiger partial charge in [0.25, 0.3) is 0 Å². The van der Waals surface area contributed by atoms with Gasteiger partial charge < -0.3 is 5.32 Å². The summed E-state index contributed by atoms with van der Waals surface area (Å²) in [6.07, 6.45) is 0.686. The average Bonchev–Trinajstić information content (AvgIpc) is 2.72.